The summed E-state index contributed by atoms with van der Waals surface area (Å²) < 4.78 is 0. The smallest absolute Gasteiger partial charge is 0.255 e. The molecule has 2 amide bonds. The maximum atomic E-state index is 11.9. The Balaban J connectivity index is 1.97. The van der Waals surface area contributed by atoms with E-state index >= 15 is 0 Å². The van der Waals surface area contributed by atoms with E-state index in [2.05, 4.69) is 15.6 Å². The zero-order valence-electron chi connectivity index (χ0n) is 11.1. The van der Waals surface area contributed by atoms with Gasteiger partial charge in [0, 0.05) is 37.1 Å². The van der Waals surface area contributed by atoms with Crippen LogP contribution in [0.2, 0.25) is 0 Å². The summed E-state index contributed by atoms with van der Waals surface area (Å²) in [4.78, 5) is 26.6. The molecule has 2 N–H and O–H groups in total. The first kappa shape index (κ1) is 13.7. The highest BCUT2D eigenvalue weighted by Gasteiger charge is 2.05. The van der Waals surface area contributed by atoms with Gasteiger partial charge >= 0.3 is 0 Å². The summed E-state index contributed by atoms with van der Waals surface area (Å²) in [6.07, 6.45) is 3.15. The number of nitrogens with one attached hydrogen (secondary N) is 2. The molecule has 0 spiro atoms. The van der Waals surface area contributed by atoms with Crippen LogP contribution in [0, 0.1) is 0 Å². The van der Waals surface area contributed by atoms with Crippen molar-refractivity contribution >= 4 is 17.5 Å². The van der Waals surface area contributed by atoms with Crippen LogP contribution in [0.15, 0.2) is 48.8 Å². The van der Waals surface area contributed by atoms with E-state index < -0.39 is 0 Å². The second kappa shape index (κ2) is 6.47. The Morgan fingerprint density at radius 2 is 1.70 bits per heavy atom. The first-order valence-corrected chi connectivity index (χ1v) is 6.20. The van der Waals surface area contributed by atoms with Gasteiger partial charge in [-0.15, -0.1) is 0 Å². The van der Waals surface area contributed by atoms with E-state index in [4.69, 9.17) is 0 Å². The Kier molecular flexibility index (Phi) is 4.44. The fraction of sp³-hybridized carbons (Fsp3) is 0.133. The second-order valence-electron chi connectivity index (χ2n) is 4.30. The van der Waals surface area contributed by atoms with Gasteiger partial charge in [0.25, 0.3) is 5.91 Å². The quantitative estimate of drug-likeness (QED) is 0.891. The lowest BCUT2D eigenvalue weighted by Gasteiger charge is -2.07. The normalized spacial score (nSPS) is 9.85. The standard InChI is InChI=1S/C15H15N3O2/c1-11(19)17-10-12-2-4-14(5-3-12)18-15(20)13-6-8-16-9-7-13/h2-9H,10H2,1H3,(H,17,19)(H,18,20). The maximum absolute atomic E-state index is 11.9. The minimum atomic E-state index is -0.179. The van der Waals surface area contributed by atoms with E-state index in [9.17, 15) is 9.59 Å². The highest BCUT2D eigenvalue weighted by molar-refractivity contribution is 6.04. The maximum Gasteiger partial charge on any atom is 0.255 e. The van der Waals surface area contributed by atoms with Crippen molar-refractivity contribution in [1.29, 1.82) is 0 Å². The molecule has 2 aromatic rings. The van der Waals surface area contributed by atoms with Crippen molar-refractivity contribution in [3.8, 4) is 0 Å². The molecule has 0 aliphatic heterocycles. The Bertz CT molecular complexity index is 594. The number of pyridine rings is 1. The van der Waals surface area contributed by atoms with Gasteiger partial charge in [-0.1, -0.05) is 12.1 Å². The summed E-state index contributed by atoms with van der Waals surface area (Å²) in [6, 6.07) is 10.6. The Labute approximate surface area is 117 Å². The van der Waals surface area contributed by atoms with Gasteiger partial charge in [-0.3, -0.25) is 14.6 Å². The van der Waals surface area contributed by atoms with Crippen molar-refractivity contribution in [2.24, 2.45) is 0 Å². The third kappa shape index (κ3) is 3.91. The average Bonchev–Trinajstić information content (AvgIpc) is 2.47. The summed E-state index contributed by atoms with van der Waals surface area (Å²) in [7, 11) is 0. The van der Waals surface area contributed by atoms with Gasteiger partial charge in [-0.05, 0) is 29.8 Å². The molecule has 5 heteroatoms. The molecule has 0 saturated carbocycles. The van der Waals surface area contributed by atoms with Crippen LogP contribution < -0.4 is 10.6 Å². The molecule has 0 bridgehead atoms. The number of hydrogen-bond donors (Lipinski definition) is 2. The molecule has 20 heavy (non-hydrogen) atoms. The highest BCUT2D eigenvalue weighted by Crippen LogP contribution is 2.11. The highest BCUT2D eigenvalue weighted by atomic mass is 16.2. The molecule has 0 aliphatic rings. The van der Waals surface area contributed by atoms with Gasteiger partial charge in [0.15, 0.2) is 0 Å². The van der Waals surface area contributed by atoms with Crippen molar-refractivity contribution in [2.45, 2.75) is 13.5 Å². The first-order valence-electron chi connectivity index (χ1n) is 6.20. The van der Waals surface area contributed by atoms with Gasteiger partial charge in [-0.25, -0.2) is 0 Å². The van der Waals surface area contributed by atoms with Crippen LogP contribution in [0.3, 0.4) is 0 Å². The zero-order valence-corrected chi connectivity index (χ0v) is 11.1. The summed E-state index contributed by atoms with van der Waals surface area (Å²) in [5, 5.41) is 5.51. The second-order valence-corrected chi connectivity index (χ2v) is 4.30. The van der Waals surface area contributed by atoms with E-state index in [1.165, 1.54) is 6.92 Å². The molecular weight excluding hydrogens is 254 g/mol. The third-order valence-electron chi connectivity index (χ3n) is 2.70. The van der Waals surface area contributed by atoms with E-state index in [0.717, 1.165) is 5.56 Å². The number of benzene rings is 1. The van der Waals surface area contributed by atoms with Crippen LogP contribution in [0.1, 0.15) is 22.8 Å². The number of aromatic nitrogens is 1. The van der Waals surface area contributed by atoms with Crippen molar-refractivity contribution in [1.82, 2.24) is 10.3 Å². The molecule has 0 fully saturated rings. The minimum Gasteiger partial charge on any atom is -0.352 e. The number of carbonyl (C=O) groups is 2. The number of carbonyl (C=O) groups excluding carboxylic acids is 2. The molecule has 0 aliphatic carbocycles. The van der Waals surface area contributed by atoms with Crippen LogP contribution in [-0.4, -0.2) is 16.8 Å². The lowest BCUT2D eigenvalue weighted by atomic mass is 10.2. The Morgan fingerprint density at radius 3 is 2.30 bits per heavy atom. The third-order valence-corrected chi connectivity index (χ3v) is 2.70. The van der Waals surface area contributed by atoms with Crippen molar-refractivity contribution in [3.05, 3.63) is 59.9 Å². The average molecular weight is 269 g/mol. The molecule has 1 aromatic heterocycles. The molecule has 5 nitrogen and oxygen atoms in total. The van der Waals surface area contributed by atoms with Crippen LogP contribution in [0.4, 0.5) is 5.69 Å². The molecule has 102 valence electrons. The van der Waals surface area contributed by atoms with Crippen LogP contribution in [0.5, 0.6) is 0 Å². The molecule has 1 aromatic carbocycles. The van der Waals surface area contributed by atoms with Crippen molar-refractivity contribution < 1.29 is 9.59 Å². The fourth-order valence-corrected chi connectivity index (χ4v) is 1.64. The largest absolute Gasteiger partial charge is 0.352 e. The minimum absolute atomic E-state index is 0.0694. The lowest BCUT2D eigenvalue weighted by molar-refractivity contribution is -0.119. The van der Waals surface area contributed by atoms with Crippen LogP contribution in [0.25, 0.3) is 0 Å². The van der Waals surface area contributed by atoms with Gasteiger partial charge in [-0.2, -0.15) is 0 Å². The Morgan fingerprint density at radius 1 is 1.05 bits per heavy atom. The van der Waals surface area contributed by atoms with E-state index in [1.807, 2.05) is 12.1 Å². The summed E-state index contributed by atoms with van der Waals surface area (Å²) in [6.45, 7) is 1.96. The van der Waals surface area contributed by atoms with Gasteiger partial charge < -0.3 is 10.6 Å². The number of anilines is 1. The molecule has 1 heterocycles. The topological polar surface area (TPSA) is 71.1 Å². The number of nitrogens with zero attached hydrogens (tertiary/aromatic N) is 1. The number of rotatable bonds is 4. The SMILES string of the molecule is CC(=O)NCc1ccc(NC(=O)c2ccncc2)cc1. The van der Waals surface area contributed by atoms with E-state index in [1.54, 1.807) is 36.7 Å². The van der Waals surface area contributed by atoms with Gasteiger partial charge in [0.05, 0.1) is 0 Å². The molecule has 2 rings (SSSR count). The first-order chi connectivity index (χ1) is 9.65. The van der Waals surface area contributed by atoms with Gasteiger partial charge in [0.1, 0.15) is 0 Å². The van der Waals surface area contributed by atoms with Crippen LogP contribution in [-0.2, 0) is 11.3 Å². The van der Waals surface area contributed by atoms with E-state index in [-0.39, 0.29) is 11.8 Å². The number of amides is 2. The summed E-state index contributed by atoms with van der Waals surface area (Å²) in [5.41, 5.74) is 2.24. The van der Waals surface area contributed by atoms with E-state index in [0.29, 0.717) is 17.8 Å². The molecule has 0 atom stereocenters. The fourth-order valence-electron chi connectivity index (χ4n) is 1.64. The predicted octanol–water partition coefficient (Wildman–Crippen LogP) is 1.97. The molecule has 0 saturated heterocycles. The van der Waals surface area contributed by atoms with Crippen molar-refractivity contribution in [3.63, 3.8) is 0 Å². The Hall–Kier alpha value is -2.69. The lowest BCUT2D eigenvalue weighted by Crippen LogP contribution is -2.18. The monoisotopic (exact) mass is 269 g/mol. The zero-order chi connectivity index (χ0) is 14.4. The summed E-state index contributed by atoms with van der Waals surface area (Å²) in [5.74, 6) is -0.248. The van der Waals surface area contributed by atoms with Crippen molar-refractivity contribution in [2.75, 3.05) is 5.32 Å². The molecular formula is C15H15N3O2. The van der Waals surface area contributed by atoms with Crippen LogP contribution >= 0.6 is 0 Å². The molecule has 0 radical (unpaired) electrons. The number of hydrogen-bond acceptors (Lipinski definition) is 3. The van der Waals surface area contributed by atoms with Gasteiger partial charge in [0.2, 0.25) is 5.91 Å². The molecule has 0 unspecified atom stereocenters. The predicted molar refractivity (Wildman–Crippen MR) is 76.2 cm³/mol. The summed E-state index contributed by atoms with van der Waals surface area (Å²) >= 11 is 0.